The second-order valence-electron chi connectivity index (χ2n) is 4.57. The van der Waals surface area contributed by atoms with Crippen LogP contribution < -0.4 is 4.90 Å². The monoisotopic (exact) mass is 268 g/mol. The molecule has 100 valence electrons. The summed E-state index contributed by atoms with van der Waals surface area (Å²) in [4.78, 5) is 14.6. The SMILES string of the molecule is CN(Cc1ccc(F)cc1)c1ncnc2cnccc12. The number of pyridine rings is 1. The third-order valence-corrected chi connectivity index (χ3v) is 3.11. The van der Waals surface area contributed by atoms with Gasteiger partial charge in [0.05, 0.1) is 11.7 Å². The van der Waals surface area contributed by atoms with Crippen LogP contribution in [0.4, 0.5) is 10.2 Å². The molecule has 0 aliphatic rings. The zero-order valence-corrected chi connectivity index (χ0v) is 11.0. The molecule has 2 heterocycles. The zero-order valence-electron chi connectivity index (χ0n) is 11.0. The Hall–Kier alpha value is -2.56. The number of fused-ring (bicyclic) bond motifs is 1. The topological polar surface area (TPSA) is 41.9 Å². The van der Waals surface area contributed by atoms with E-state index in [1.807, 2.05) is 18.0 Å². The van der Waals surface area contributed by atoms with Crippen molar-refractivity contribution in [3.63, 3.8) is 0 Å². The molecule has 0 aliphatic carbocycles. The van der Waals surface area contributed by atoms with E-state index in [9.17, 15) is 4.39 Å². The first-order valence-corrected chi connectivity index (χ1v) is 6.24. The Bertz CT molecular complexity index is 722. The van der Waals surface area contributed by atoms with Crippen molar-refractivity contribution in [2.75, 3.05) is 11.9 Å². The molecule has 3 rings (SSSR count). The van der Waals surface area contributed by atoms with Gasteiger partial charge in [-0.15, -0.1) is 0 Å². The van der Waals surface area contributed by atoms with Gasteiger partial charge < -0.3 is 4.90 Å². The molecule has 0 radical (unpaired) electrons. The van der Waals surface area contributed by atoms with E-state index in [1.54, 1.807) is 24.5 Å². The van der Waals surface area contributed by atoms with E-state index in [1.165, 1.54) is 18.5 Å². The van der Waals surface area contributed by atoms with Crippen LogP contribution in [0.25, 0.3) is 10.9 Å². The predicted octanol–water partition coefficient (Wildman–Crippen LogP) is 2.80. The summed E-state index contributed by atoms with van der Waals surface area (Å²) < 4.78 is 12.9. The molecular formula is C15H13FN4. The molecule has 0 saturated heterocycles. The Morgan fingerprint density at radius 3 is 2.70 bits per heavy atom. The van der Waals surface area contributed by atoms with Gasteiger partial charge in [0.1, 0.15) is 18.0 Å². The Balaban J connectivity index is 1.92. The molecule has 20 heavy (non-hydrogen) atoms. The van der Waals surface area contributed by atoms with Gasteiger partial charge in [0.2, 0.25) is 0 Å². The minimum atomic E-state index is -0.227. The number of hydrogen-bond donors (Lipinski definition) is 0. The van der Waals surface area contributed by atoms with Gasteiger partial charge in [-0.05, 0) is 23.8 Å². The van der Waals surface area contributed by atoms with E-state index in [0.717, 1.165) is 22.3 Å². The summed E-state index contributed by atoms with van der Waals surface area (Å²) in [5.41, 5.74) is 1.83. The molecule has 0 unspecified atom stereocenters. The third-order valence-electron chi connectivity index (χ3n) is 3.11. The molecule has 0 aliphatic heterocycles. The van der Waals surface area contributed by atoms with Crippen LogP contribution in [-0.4, -0.2) is 22.0 Å². The summed E-state index contributed by atoms with van der Waals surface area (Å²) in [5, 5.41) is 0.951. The highest BCUT2D eigenvalue weighted by Gasteiger charge is 2.09. The van der Waals surface area contributed by atoms with Crippen LogP contribution in [-0.2, 0) is 6.54 Å². The van der Waals surface area contributed by atoms with E-state index in [2.05, 4.69) is 15.0 Å². The van der Waals surface area contributed by atoms with E-state index in [-0.39, 0.29) is 5.82 Å². The van der Waals surface area contributed by atoms with Crippen LogP contribution in [0.5, 0.6) is 0 Å². The van der Waals surface area contributed by atoms with Crippen molar-refractivity contribution in [1.82, 2.24) is 15.0 Å². The molecular weight excluding hydrogens is 255 g/mol. The van der Waals surface area contributed by atoms with Gasteiger partial charge in [-0.2, -0.15) is 0 Å². The van der Waals surface area contributed by atoms with E-state index >= 15 is 0 Å². The van der Waals surface area contributed by atoms with Gasteiger partial charge in [-0.25, -0.2) is 14.4 Å². The number of benzene rings is 1. The summed E-state index contributed by atoms with van der Waals surface area (Å²) in [6.45, 7) is 0.648. The molecule has 5 heteroatoms. The molecule has 0 atom stereocenters. The second kappa shape index (κ2) is 5.21. The van der Waals surface area contributed by atoms with Crippen molar-refractivity contribution < 1.29 is 4.39 Å². The fourth-order valence-electron chi connectivity index (χ4n) is 2.14. The van der Waals surface area contributed by atoms with E-state index in [0.29, 0.717) is 6.54 Å². The van der Waals surface area contributed by atoms with E-state index < -0.39 is 0 Å². The Labute approximate surface area is 115 Å². The Kier molecular flexibility index (Phi) is 3.25. The van der Waals surface area contributed by atoms with Crippen molar-refractivity contribution in [3.05, 3.63) is 60.4 Å². The predicted molar refractivity (Wildman–Crippen MR) is 75.8 cm³/mol. The Morgan fingerprint density at radius 1 is 1.10 bits per heavy atom. The van der Waals surface area contributed by atoms with Crippen molar-refractivity contribution in [2.45, 2.75) is 6.54 Å². The lowest BCUT2D eigenvalue weighted by Gasteiger charge is -2.19. The quantitative estimate of drug-likeness (QED) is 0.732. The van der Waals surface area contributed by atoms with Gasteiger partial charge in [0, 0.05) is 25.2 Å². The number of nitrogens with zero attached hydrogens (tertiary/aromatic N) is 4. The number of halogens is 1. The highest BCUT2D eigenvalue weighted by Crippen LogP contribution is 2.22. The van der Waals surface area contributed by atoms with Gasteiger partial charge in [0.15, 0.2) is 0 Å². The largest absolute Gasteiger partial charge is 0.355 e. The van der Waals surface area contributed by atoms with Crippen LogP contribution in [0.2, 0.25) is 0 Å². The van der Waals surface area contributed by atoms with E-state index in [4.69, 9.17) is 0 Å². The first-order chi connectivity index (χ1) is 9.74. The molecule has 0 spiro atoms. The van der Waals surface area contributed by atoms with Crippen molar-refractivity contribution >= 4 is 16.7 Å². The maximum absolute atomic E-state index is 12.9. The van der Waals surface area contributed by atoms with Gasteiger partial charge >= 0.3 is 0 Å². The number of anilines is 1. The lowest BCUT2D eigenvalue weighted by molar-refractivity contribution is 0.627. The first-order valence-electron chi connectivity index (χ1n) is 6.24. The fourth-order valence-corrected chi connectivity index (χ4v) is 2.14. The fraction of sp³-hybridized carbons (Fsp3) is 0.133. The lowest BCUT2D eigenvalue weighted by Crippen LogP contribution is -2.18. The first kappa shape index (κ1) is 12.5. The number of hydrogen-bond acceptors (Lipinski definition) is 4. The lowest BCUT2D eigenvalue weighted by atomic mass is 10.2. The summed E-state index contributed by atoms with van der Waals surface area (Å²) >= 11 is 0. The molecule has 1 aromatic carbocycles. The summed E-state index contributed by atoms with van der Waals surface area (Å²) in [7, 11) is 1.95. The molecule has 0 fully saturated rings. The minimum Gasteiger partial charge on any atom is -0.355 e. The summed E-state index contributed by atoms with van der Waals surface area (Å²) in [6, 6.07) is 8.37. The smallest absolute Gasteiger partial charge is 0.140 e. The van der Waals surface area contributed by atoms with Gasteiger partial charge in [0.25, 0.3) is 0 Å². The van der Waals surface area contributed by atoms with Crippen molar-refractivity contribution in [3.8, 4) is 0 Å². The maximum Gasteiger partial charge on any atom is 0.140 e. The average molecular weight is 268 g/mol. The van der Waals surface area contributed by atoms with Crippen LogP contribution in [0.3, 0.4) is 0 Å². The van der Waals surface area contributed by atoms with Crippen LogP contribution in [0.1, 0.15) is 5.56 Å². The summed E-state index contributed by atoms with van der Waals surface area (Å²) in [6.07, 6.45) is 4.97. The minimum absolute atomic E-state index is 0.227. The maximum atomic E-state index is 12.9. The van der Waals surface area contributed by atoms with Crippen LogP contribution in [0, 0.1) is 5.82 Å². The highest BCUT2D eigenvalue weighted by atomic mass is 19.1. The molecule has 0 bridgehead atoms. The molecule has 0 amide bonds. The van der Waals surface area contributed by atoms with Crippen molar-refractivity contribution in [1.29, 1.82) is 0 Å². The zero-order chi connectivity index (χ0) is 13.9. The molecule has 4 nitrogen and oxygen atoms in total. The van der Waals surface area contributed by atoms with Crippen molar-refractivity contribution in [2.24, 2.45) is 0 Å². The summed E-state index contributed by atoms with van der Waals surface area (Å²) in [5.74, 6) is 0.608. The highest BCUT2D eigenvalue weighted by molar-refractivity contribution is 5.88. The molecule has 2 aromatic heterocycles. The molecule has 3 aromatic rings. The standard InChI is InChI=1S/C15H13FN4/c1-20(9-11-2-4-12(16)5-3-11)15-13-6-7-17-8-14(13)18-10-19-15/h2-8,10H,9H2,1H3. The molecule has 0 N–H and O–H groups in total. The third kappa shape index (κ3) is 2.42. The van der Waals surface area contributed by atoms with Gasteiger partial charge in [-0.3, -0.25) is 4.98 Å². The number of rotatable bonds is 3. The van der Waals surface area contributed by atoms with Crippen LogP contribution >= 0.6 is 0 Å². The average Bonchev–Trinajstić information content (AvgIpc) is 2.49. The number of aromatic nitrogens is 3. The molecule has 0 saturated carbocycles. The van der Waals surface area contributed by atoms with Crippen LogP contribution in [0.15, 0.2) is 49.1 Å². The normalized spacial score (nSPS) is 10.7. The Morgan fingerprint density at radius 2 is 1.90 bits per heavy atom. The second-order valence-corrected chi connectivity index (χ2v) is 4.57. The van der Waals surface area contributed by atoms with Gasteiger partial charge in [-0.1, -0.05) is 12.1 Å².